The Morgan fingerprint density at radius 1 is 1.23 bits per heavy atom. The van der Waals surface area contributed by atoms with Crippen LogP contribution in [0.25, 0.3) is 0 Å². The molecule has 1 aromatic rings. The van der Waals surface area contributed by atoms with Crippen molar-refractivity contribution in [2.75, 3.05) is 37.9 Å². The summed E-state index contributed by atoms with van der Waals surface area (Å²) in [5.41, 5.74) is 11.2. The monoisotopic (exact) mass is 477 g/mol. The van der Waals surface area contributed by atoms with Crippen LogP contribution in [0.4, 0.5) is 5.69 Å². The summed E-state index contributed by atoms with van der Waals surface area (Å²) < 4.78 is 0. The number of carbonyl (C=O) groups is 1. The van der Waals surface area contributed by atoms with Crippen LogP contribution in [0.3, 0.4) is 0 Å². The van der Waals surface area contributed by atoms with Gasteiger partial charge in [0.1, 0.15) is 6.17 Å². The maximum atomic E-state index is 12.2. The number of nitrogens with one attached hydrogen (secondary N) is 1. The van der Waals surface area contributed by atoms with Crippen LogP contribution in [0.1, 0.15) is 54.9 Å². The van der Waals surface area contributed by atoms with E-state index in [1.54, 1.807) is 12.4 Å². The molecule has 1 aromatic carbocycles. The quantitative estimate of drug-likeness (QED) is 0.374. The van der Waals surface area contributed by atoms with Crippen LogP contribution < -0.4 is 16.0 Å². The number of hydrogen-bond acceptors (Lipinski definition) is 8. The molecule has 0 spiro atoms. The molecule has 0 aliphatic carbocycles. The molecule has 3 rings (SSSR count). The summed E-state index contributed by atoms with van der Waals surface area (Å²) in [5, 5.41) is 3.79. The summed E-state index contributed by atoms with van der Waals surface area (Å²) in [6, 6.07) is 6.00. The number of nitrogens with two attached hydrogens (primary N) is 1. The maximum absolute atomic E-state index is 12.2. The van der Waals surface area contributed by atoms with Crippen molar-refractivity contribution in [2.45, 2.75) is 52.1 Å². The molecular weight excluding hydrogens is 438 g/mol. The largest absolute Gasteiger partial charge is 0.352 e. The lowest BCUT2D eigenvalue weighted by Crippen LogP contribution is -2.48. The Kier molecular flexibility index (Phi) is 10.1. The number of hydrogen-bond donors (Lipinski definition) is 2. The molecule has 2 saturated heterocycles. The fraction of sp³-hybridized carbons (Fsp3) is 0.481. The first kappa shape index (κ1) is 26.7. The van der Waals surface area contributed by atoms with E-state index in [4.69, 9.17) is 5.73 Å². The molecule has 3 N–H and O–H groups in total. The minimum Gasteiger partial charge on any atom is -0.352 e. The van der Waals surface area contributed by atoms with Gasteiger partial charge in [-0.15, -0.1) is 0 Å². The zero-order valence-corrected chi connectivity index (χ0v) is 21.2. The van der Waals surface area contributed by atoms with Crippen LogP contribution in [0, 0.1) is 6.92 Å². The third kappa shape index (κ3) is 6.60. The summed E-state index contributed by atoms with van der Waals surface area (Å²) in [6.07, 6.45) is 8.33. The van der Waals surface area contributed by atoms with Gasteiger partial charge in [0.2, 0.25) is 0 Å². The van der Waals surface area contributed by atoms with Crippen molar-refractivity contribution in [2.24, 2.45) is 20.7 Å². The van der Waals surface area contributed by atoms with E-state index in [2.05, 4.69) is 56.5 Å². The van der Waals surface area contributed by atoms with E-state index in [0.29, 0.717) is 6.42 Å². The molecule has 2 aliphatic heterocycles. The van der Waals surface area contributed by atoms with Crippen LogP contribution in [-0.4, -0.2) is 69.5 Å². The molecule has 188 valence electrons. The lowest BCUT2D eigenvalue weighted by molar-refractivity contribution is 0.0988. The molecule has 0 bridgehead atoms. The predicted molar refractivity (Wildman–Crippen MR) is 147 cm³/mol. The number of benzene rings is 1. The Bertz CT molecular complexity index is 1000. The standard InChI is InChI=1S/C27H39N7O/c1-5-25(35)21-9-10-24(20(2)15-21)34-14-11-23(26(30-4)22(16-29-3)17-31-18-28)27(34)32-19-33-12-7-6-8-13-33/h9-10,15-17,27,32H,3-8,11-14,18-19,28H2,1-2H3/b22-16+,26-23-,31-17?. The van der Waals surface area contributed by atoms with Crippen LogP contribution in [0.5, 0.6) is 0 Å². The van der Waals surface area contributed by atoms with Crippen LogP contribution >= 0.6 is 0 Å². The first-order valence-electron chi connectivity index (χ1n) is 12.5. The molecule has 2 fully saturated rings. The minimum atomic E-state index is -0.0802. The third-order valence-electron chi connectivity index (χ3n) is 6.67. The van der Waals surface area contributed by atoms with Gasteiger partial charge in [-0.25, -0.2) is 0 Å². The molecule has 2 heterocycles. The van der Waals surface area contributed by atoms with Gasteiger partial charge in [0, 0.05) is 48.9 Å². The first-order chi connectivity index (χ1) is 17.0. The zero-order valence-electron chi connectivity index (χ0n) is 21.2. The highest BCUT2D eigenvalue weighted by molar-refractivity contribution is 5.96. The second kappa shape index (κ2) is 13.2. The SMILES string of the molecule is C=N/C=C(C=NCN)/C(N=C)=C1\CCN(c2ccc(C(=O)CC)cc2C)C1NCN1CCCCC1. The highest BCUT2D eigenvalue weighted by atomic mass is 16.1. The van der Waals surface area contributed by atoms with Gasteiger partial charge in [-0.05, 0) is 82.0 Å². The van der Waals surface area contributed by atoms with Crippen molar-refractivity contribution in [3.63, 3.8) is 0 Å². The molecule has 2 aliphatic rings. The molecule has 1 atom stereocenters. The van der Waals surface area contributed by atoms with E-state index in [0.717, 1.165) is 66.4 Å². The van der Waals surface area contributed by atoms with Crippen molar-refractivity contribution in [3.8, 4) is 0 Å². The smallest absolute Gasteiger partial charge is 0.162 e. The van der Waals surface area contributed by atoms with Crippen LogP contribution in [-0.2, 0) is 0 Å². The number of nitrogens with zero attached hydrogens (tertiary/aromatic N) is 5. The topological polar surface area (TPSA) is 98.7 Å². The van der Waals surface area contributed by atoms with E-state index < -0.39 is 0 Å². The molecule has 8 heteroatoms. The zero-order chi connectivity index (χ0) is 25.2. The Balaban J connectivity index is 2.00. The average Bonchev–Trinajstić information content (AvgIpc) is 3.29. The highest BCUT2D eigenvalue weighted by Gasteiger charge is 2.33. The van der Waals surface area contributed by atoms with Crippen molar-refractivity contribution in [1.29, 1.82) is 0 Å². The molecule has 0 amide bonds. The van der Waals surface area contributed by atoms with Crippen LogP contribution in [0.15, 0.2) is 56.2 Å². The van der Waals surface area contributed by atoms with Crippen LogP contribution in [0.2, 0.25) is 0 Å². The van der Waals surface area contributed by atoms with E-state index in [9.17, 15) is 4.79 Å². The van der Waals surface area contributed by atoms with Gasteiger partial charge in [-0.3, -0.25) is 30.0 Å². The van der Waals surface area contributed by atoms with E-state index in [-0.39, 0.29) is 18.6 Å². The normalized spacial score (nSPS) is 20.9. The molecule has 8 nitrogen and oxygen atoms in total. The first-order valence-corrected chi connectivity index (χ1v) is 12.5. The predicted octanol–water partition coefficient (Wildman–Crippen LogP) is 3.68. The maximum Gasteiger partial charge on any atom is 0.162 e. The number of rotatable bonds is 11. The van der Waals surface area contributed by atoms with E-state index in [1.807, 2.05) is 19.1 Å². The fourth-order valence-corrected chi connectivity index (χ4v) is 4.91. The number of carbonyl (C=O) groups excluding carboxylic acids is 1. The van der Waals surface area contributed by atoms with Gasteiger partial charge in [-0.2, -0.15) is 0 Å². The second-order valence-corrected chi connectivity index (χ2v) is 8.96. The lowest BCUT2D eigenvalue weighted by atomic mass is 10.0. The van der Waals surface area contributed by atoms with Gasteiger partial charge in [0.15, 0.2) is 5.78 Å². The number of aliphatic imine (C=N–C) groups is 3. The van der Waals surface area contributed by atoms with Gasteiger partial charge in [0.25, 0.3) is 0 Å². The molecule has 0 aromatic heterocycles. The number of likely N-dealkylation sites (tertiary alicyclic amines) is 1. The molecule has 1 unspecified atom stereocenters. The van der Waals surface area contributed by atoms with Gasteiger partial charge in [0.05, 0.1) is 12.4 Å². The Morgan fingerprint density at radius 2 is 2.00 bits per heavy atom. The number of anilines is 1. The lowest BCUT2D eigenvalue weighted by Gasteiger charge is -2.34. The number of aryl methyl sites for hydroxylation is 1. The molecular formula is C27H39N7O. The summed E-state index contributed by atoms with van der Waals surface area (Å²) in [7, 11) is 0. The van der Waals surface area contributed by atoms with E-state index >= 15 is 0 Å². The van der Waals surface area contributed by atoms with Gasteiger partial charge >= 0.3 is 0 Å². The Hall–Kier alpha value is -2.94. The second-order valence-electron chi connectivity index (χ2n) is 8.96. The fourth-order valence-electron chi connectivity index (χ4n) is 4.91. The number of Topliss-reactive ketones (excluding diaryl/α,β-unsaturated/α-hetero) is 1. The summed E-state index contributed by atoms with van der Waals surface area (Å²) in [6.45, 7) is 15.4. The number of piperidine rings is 1. The summed E-state index contributed by atoms with van der Waals surface area (Å²) in [4.78, 5) is 29.6. The molecule has 0 saturated carbocycles. The minimum absolute atomic E-state index is 0.0802. The Labute approximate surface area is 209 Å². The Morgan fingerprint density at radius 3 is 2.63 bits per heavy atom. The number of allylic oxidation sites excluding steroid dienone is 1. The van der Waals surface area contributed by atoms with Crippen molar-refractivity contribution >= 4 is 31.1 Å². The molecule has 35 heavy (non-hydrogen) atoms. The van der Waals surface area contributed by atoms with Crippen molar-refractivity contribution in [3.05, 3.63) is 52.4 Å². The summed E-state index contributed by atoms with van der Waals surface area (Å²) >= 11 is 0. The third-order valence-corrected chi connectivity index (χ3v) is 6.67. The van der Waals surface area contributed by atoms with Crippen molar-refractivity contribution < 1.29 is 4.79 Å². The highest BCUT2D eigenvalue weighted by Crippen LogP contribution is 2.34. The summed E-state index contributed by atoms with van der Waals surface area (Å²) in [5.74, 6) is 0.158. The van der Waals surface area contributed by atoms with Gasteiger partial charge < -0.3 is 10.6 Å². The van der Waals surface area contributed by atoms with Crippen molar-refractivity contribution in [1.82, 2.24) is 10.2 Å². The van der Waals surface area contributed by atoms with Gasteiger partial charge in [-0.1, -0.05) is 13.3 Å². The average molecular weight is 478 g/mol. The molecule has 0 radical (unpaired) electrons. The number of ketones is 1. The van der Waals surface area contributed by atoms with E-state index in [1.165, 1.54) is 19.3 Å².